The van der Waals surface area contributed by atoms with Crippen molar-refractivity contribution < 1.29 is 17.6 Å². The number of benzene rings is 1. The quantitative estimate of drug-likeness (QED) is 0.800. The summed E-state index contributed by atoms with van der Waals surface area (Å²) in [4.78, 5) is 12.0. The summed E-state index contributed by atoms with van der Waals surface area (Å²) in [5, 5.41) is 6.71. The minimum atomic E-state index is -3.20. The summed E-state index contributed by atoms with van der Waals surface area (Å²) in [5.74, 6) is -1.30. The summed E-state index contributed by atoms with van der Waals surface area (Å²) in [5.41, 5.74) is 7.73. The summed E-state index contributed by atoms with van der Waals surface area (Å²) in [6.45, 7) is 3.63. The Labute approximate surface area is 145 Å². The minimum absolute atomic E-state index is 0.00298. The highest BCUT2D eigenvalue weighted by Gasteiger charge is 2.17. The second-order valence-corrected chi connectivity index (χ2v) is 8.28. The zero-order valence-electron chi connectivity index (χ0n) is 14.3. The third-order valence-corrected chi connectivity index (χ3v) is 4.57. The van der Waals surface area contributed by atoms with E-state index in [0.29, 0.717) is 0 Å². The zero-order chi connectivity index (χ0) is 18.8. The van der Waals surface area contributed by atoms with E-state index in [9.17, 15) is 17.6 Å². The van der Waals surface area contributed by atoms with Gasteiger partial charge in [0.1, 0.15) is 15.5 Å². The molecule has 3 N–H and O–H groups in total. The van der Waals surface area contributed by atoms with E-state index in [2.05, 4.69) is 10.4 Å². The molecule has 0 aliphatic rings. The van der Waals surface area contributed by atoms with E-state index in [-0.39, 0.29) is 23.5 Å². The normalized spacial score (nSPS) is 12.8. The number of anilines is 1. The lowest BCUT2D eigenvalue weighted by Crippen LogP contribution is -2.37. The van der Waals surface area contributed by atoms with Crippen molar-refractivity contribution in [1.29, 1.82) is 0 Å². The molecule has 25 heavy (non-hydrogen) atoms. The maximum Gasteiger partial charge on any atom is 0.241 e. The molecule has 1 heterocycles. The Morgan fingerprint density at radius 3 is 2.56 bits per heavy atom. The van der Waals surface area contributed by atoms with Gasteiger partial charge in [-0.2, -0.15) is 5.10 Å². The summed E-state index contributed by atoms with van der Waals surface area (Å²) < 4.78 is 38.1. The number of carbonyl (C=O) groups is 1. The van der Waals surface area contributed by atoms with Gasteiger partial charge in [-0.3, -0.25) is 4.79 Å². The average Bonchev–Trinajstić information content (AvgIpc) is 2.82. The molecule has 0 fully saturated rings. The molecule has 0 radical (unpaired) electrons. The molecule has 0 saturated carbocycles. The highest BCUT2D eigenvalue weighted by molar-refractivity contribution is 7.90. The molecule has 0 spiro atoms. The molecule has 0 aliphatic carbocycles. The van der Waals surface area contributed by atoms with Crippen molar-refractivity contribution in [2.75, 3.05) is 17.3 Å². The number of carbonyl (C=O) groups excluding carboxylic acids is 1. The van der Waals surface area contributed by atoms with E-state index in [1.54, 1.807) is 0 Å². The molecule has 0 saturated heterocycles. The molecule has 1 unspecified atom stereocenters. The summed E-state index contributed by atoms with van der Waals surface area (Å²) in [6, 6.07) is 5.05. The molecule has 1 atom stereocenters. The van der Waals surface area contributed by atoms with Gasteiger partial charge in [0.15, 0.2) is 5.82 Å². The third-order valence-electron chi connectivity index (χ3n) is 3.59. The lowest BCUT2D eigenvalue weighted by Gasteiger charge is -2.13. The van der Waals surface area contributed by atoms with Gasteiger partial charge in [-0.1, -0.05) is 0 Å². The van der Waals surface area contributed by atoms with Crippen LogP contribution in [-0.2, 0) is 14.6 Å². The van der Waals surface area contributed by atoms with Gasteiger partial charge in [-0.25, -0.2) is 17.5 Å². The number of amides is 1. The number of hydrogen-bond acceptors (Lipinski definition) is 5. The standard InChI is InChI=1S/C16H21FN4O3S/c1-10-8-11(2)21(20-10)15-5-4-12(9-13(15)17)19-16(22)14(18)6-7-25(3,23)24/h4-5,8-9,14H,6-7,18H2,1-3H3,(H,19,22). The van der Waals surface area contributed by atoms with Crippen LogP contribution in [0, 0.1) is 19.7 Å². The van der Waals surface area contributed by atoms with Crippen molar-refractivity contribution >= 4 is 21.4 Å². The molecule has 0 bridgehead atoms. The first-order valence-corrected chi connectivity index (χ1v) is 9.70. The van der Waals surface area contributed by atoms with Crippen LogP contribution in [0.2, 0.25) is 0 Å². The topological polar surface area (TPSA) is 107 Å². The maximum atomic E-state index is 14.4. The van der Waals surface area contributed by atoms with Crippen LogP contribution in [-0.4, -0.2) is 42.2 Å². The zero-order valence-corrected chi connectivity index (χ0v) is 15.1. The van der Waals surface area contributed by atoms with Crippen LogP contribution >= 0.6 is 0 Å². The van der Waals surface area contributed by atoms with E-state index in [4.69, 9.17) is 5.73 Å². The smallest absolute Gasteiger partial charge is 0.241 e. The van der Waals surface area contributed by atoms with Crippen molar-refractivity contribution in [3.8, 4) is 5.69 Å². The molecule has 0 aliphatic heterocycles. The lowest BCUT2D eigenvalue weighted by atomic mass is 10.2. The Morgan fingerprint density at radius 2 is 2.04 bits per heavy atom. The van der Waals surface area contributed by atoms with Gasteiger partial charge >= 0.3 is 0 Å². The highest BCUT2D eigenvalue weighted by atomic mass is 32.2. The van der Waals surface area contributed by atoms with Crippen molar-refractivity contribution in [3.63, 3.8) is 0 Å². The van der Waals surface area contributed by atoms with Crippen molar-refractivity contribution in [2.45, 2.75) is 26.3 Å². The van der Waals surface area contributed by atoms with Crippen LogP contribution in [0.1, 0.15) is 17.8 Å². The van der Waals surface area contributed by atoms with E-state index < -0.39 is 27.6 Å². The van der Waals surface area contributed by atoms with E-state index in [1.807, 2.05) is 19.9 Å². The fraction of sp³-hybridized carbons (Fsp3) is 0.375. The van der Waals surface area contributed by atoms with Crippen LogP contribution in [0.4, 0.5) is 10.1 Å². The SMILES string of the molecule is Cc1cc(C)n(-c2ccc(NC(=O)C(N)CCS(C)(=O)=O)cc2F)n1. The Hall–Kier alpha value is -2.26. The third kappa shape index (κ3) is 5.10. The Morgan fingerprint density at radius 1 is 1.36 bits per heavy atom. The predicted molar refractivity (Wildman–Crippen MR) is 93.9 cm³/mol. The molecule has 2 rings (SSSR count). The molecule has 7 nitrogen and oxygen atoms in total. The minimum Gasteiger partial charge on any atom is -0.325 e. The fourth-order valence-electron chi connectivity index (χ4n) is 2.34. The van der Waals surface area contributed by atoms with Crippen LogP contribution in [0.3, 0.4) is 0 Å². The molecular weight excluding hydrogens is 347 g/mol. The van der Waals surface area contributed by atoms with Gasteiger partial charge in [0, 0.05) is 17.6 Å². The predicted octanol–water partition coefficient (Wildman–Crippen LogP) is 1.33. The average molecular weight is 368 g/mol. The first-order chi connectivity index (χ1) is 11.6. The number of rotatable bonds is 6. The van der Waals surface area contributed by atoms with Crippen molar-refractivity contribution in [3.05, 3.63) is 41.5 Å². The molecule has 1 amide bonds. The Balaban J connectivity index is 2.10. The largest absolute Gasteiger partial charge is 0.325 e. The number of halogens is 1. The van der Waals surface area contributed by atoms with Gasteiger partial charge < -0.3 is 11.1 Å². The maximum absolute atomic E-state index is 14.4. The first kappa shape index (κ1) is 19.1. The molecular formula is C16H21FN4O3S. The van der Waals surface area contributed by atoms with Crippen LogP contribution in [0.25, 0.3) is 5.69 Å². The van der Waals surface area contributed by atoms with Crippen LogP contribution in [0.5, 0.6) is 0 Å². The molecule has 1 aromatic heterocycles. The number of aryl methyl sites for hydroxylation is 2. The van der Waals surface area contributed by atoms with Crippen LogP contribution < -0.4 is 11.1 Å². The number of aromatic nitrogens is 2. The number of sulfone groups is 1. The fourth-order valence-corrected chi connectivity index (χ4v) is 3.02. The molecule has 2 aromatic rings. The van der Waals surface area contributed by atoms with Gasteiger partial charge in [0.25, 0.3) is 0 Å². The monoisotopic (exact) mass is 368 g/mol. The summed E-state index contributed by atoms with van der Waals surface area (Å²) in [6.07, 6.45) is 1.07. The molecule has 1 aromatic carbocycles. The molecule has 136 valence electrons. The van der Waals surface area contributed by atoms with Crippen LogP contribution in [0.15, 0.2) is 24.3 Å². The first-order valence-electron chi connectivity index (χ1n) is 7.64. The summed E-state index contributed by atoms with van der Waals surface area (Å²) in [7, 11) is -3.20. The van der Waals surface area contributed by atoms with E-state index >= 15 is 0 Å². The summed E-state index contributed by atoms with van der Waals surface area (Å²) >= 11 is 0. The van der Waals surface area contributed by atoms with Crippen molar-refractivity contribution in [2.24, 2.45) is 5.73 Å². The van der Waals surface area contributed by atoms with Gasteiger partial charge in [-0.05, 0) is 44.5 Å². The van der Waals surface area contributed by atoms with Crippen molar-refractivity contribution in [1.82, 2.24) is 9.78 Å². The Bertz CT molecular complexity index is 893. The van der Waals surface area contributed by atoms with Gasteiger partial charge in [0.2, 0.25) is 5.91 Å². The number of hydrogen-bond donors (Lipinski definition) is 2. The van der Waals surface area contributed by atoms with Gasteiger partial charge in [0.05, 0.1) is 17.5 Å². The van der Waals surface area contributed by atoms with E-state index in [0.717, 1.165) is 17.6 Å². The second kappa shape index (κ2) is 7.32. The number of nitrogens with one attached hydrogen (secondary N) is 1. The highest BCUT2D eigenvalue weighted by Crippen LogP contribution is 2.20. The Kier molecular flexibility index (Phi) is 5.58. The van der Waals surface area contributed by atoms with Gasteiger partial charge in [-0.15, -0.1) is 0 Å². The second-order valence-electron chi connectivity index (χ2n) is 6.02. The number of nitrogens with zero attached hydrogens (tertiary/aromatic N) is 2. The lowest BCUT2D eigenvalue weighted by molar-refractivity contribution is -0.117. The van der Waals surface area contributed by atoms with E-state index in [1.165, 1.54) is 22.9 Å². The molecule has 9 heteroatoms. The number of nitrogens with two attached hydrogens (primary N) is 1.